The molecule has 108 valence electrons. The van der Waals surface area contributed by atoms with E-state index in [9.17, 15) is 13.6 Å². The predicted octanol–water partition coefficient (Wildman–Crippen LogP) is 3.96. The standard InChI is InChI=1S/C17H14F2O2/c1-2-21-17(20)11-14(12-7-3-5-9-15(12)18)13-8-4-6-10-16(13)19/h3-11H,2H2,1H3. The summed E-state index contributed by atoms with van der Waals surface area (Å²) >= 11 is 0. The van der Waals surface area contributed by atoms with Crippen LogP contribution in [0.4, 0.5) is 8.78 Å². The first kappa shape index (κ1) is 14.9. The maximum atomic E-state index is 14.0. The molecule has 0 saturated heterocycles. The lowest BCUT2D eigenvalue weighted by molar-refractivity contribution is -0.137. The van der Waals surface area contributed by atoms with Gasteiger partial charge in [-0.15, -0.1) is 0 Å². The second kappa shape index (κ2) is 6.79. The topological polar surface area (TPSA) is 26.3 Å². The van der Waals surface area contributed by atoms with Gasteiger partial charge < -0.3 is 4.74 Å². The van der Waals surface area contributed by atoms with Crippen molar-refractivity contribution in [2.75, 3.05) is 6.61 Å². The Morgan fingerprint density at radius 3 is 1.90 bits per heavy atom. The first-order valence-corrected chi connectivity index (χ1v) is 6.51. The van der Waals surface area contributed by atoms with E-state index in [4.69, 9.17) is 4.74 Å². The van der Waals surface area contributed by atoms with Crippen LogP contribution in [0, 0.1) is 11.6 Å². The second-order valence-corrected chi connectivity index (χ2v) is 4.27. The molecule has 2 rings (SSSR count). The molecule has 0 aromatic heterocycles. The summed E-state index contributed by atoms with van der Waals surface area (Å²) in [7, 11) is 0. The molecule has 0 saturated carbocycles. The molecule has 0 amide bonds. The molecular weight excluding hydrogens is 274 g/mol. The number of rotatable bonds is 4. The molecule has 0 radical (unpaired) electrons. The molecule has 0 atom stereocenters. The highest BCUT2D eigenvalue weighted by Crippen LogP contribution is 2.27. The van der Waals surface area contributed by atoms with Crippen LogP contribution in [-0.4, -0.2) is 12.6 Å². The third-order valence-electron chi connectivity index (χ3n) is 2.88. The summed E-state index contributed by atoms with van der Waals surface area (Å²) in [4.78, 5) is 11.7. The van der Waals surface area contributed by atoms with Crippen molar-refractivity contribution in [3.05, 3.63) is 77.4 Å². The van der Waals surface area contributed by atoms with E-state index in [-0.39, 0.29) is 23.3 Å². The van der Waals surface area contributed by atoms with Gasteiger partial charge in [0, 0.05) is 22.8 Å². The zero-order valence-corrected chi connectivity index (χ0v) is 11.5. The average Bonchev–Trinajstić information content (AvgIpc) is 2.47. The van der Waals surface area contributed by atoms with Crippen molar-refractivity contribution >= 4 is 11.5 Å². The molecule has 0 unspecified atom stereocenters. The van der Waals surface area contributed by atoms with E-state index < -0.39 is 17.6 Å². The van der Waals surface area contributed by atoms with E-state index >= 15 is 0 Å². The molecule has 2 aromatic carbocycles. The SMILES string of the molecule is CCOC(=O)C=C(c1ccccc1F)c1ccccc1F. The minimum absolute atomic E-state index is 0.149. The third kappa shape index (κ3) is 3.54. The molecule has 21 heavy (non-hydrogen) atoms. The smallest absolute Gasteiger partial charge is 0.331 e. The average molecular weight is 288 g/mol. The van der Waals surface area contributed by atoms with Crippen molar-refractivity contribution in [2.45, 2.75) is 6.92 Å². The lowest BCUT2D eigenvalue weighted by atomic mass is 9.96. The normalized spacial score (nSPS) is 10.0. The van der Waals surface area contributed by atoms with E-state index in [1.54, 1.807) is 19.1 Å². The van der Waals surface area contributed by atoms with E-state index in [1.807, 2.05) is 0 Å². The van der Waals surface area contributed by atoms with Gasteiger partial charge in [-0.05, 0) is 19.1 Å². The maximum absolute atomic E-state index is 14.0. The fourth-order valence-corrected chi connectivity index (χ4v) is 1.96. The summed E-state index contributed by atoms with van der Waals surface area (Å²) in [6.45, 7) is 1.86. The van der Waals surface area contributed by atoms with Gasteiger partial charge in [-0.1, -0.05) is 36.4 Å². The van der Waals surface area contributed by atoms with Gasteiger partial charge in [0.1, 0.15) is 11.6 Å². The van der Waals surface area contributed by atoms with Crippen LogP contribution in [-0.2, 0) is 9.53 Å². The summed E-state index contributed by atoms with van der Waals surface area (Å²) in [6, 6.07) is 11.8. The van der Waals surface area contributed by atoms with Gasteiger partial charge in [0.15, 0.2) is 0 Å². The molecule has 0 spiro atoms. The Balaban J connectivity index is 2.58. The van der Waals surface area contributed by atoms with Crippen molar-refractivity contribution in [2.24, 2.45) is 0 Å². The monoisotopic (exact) mass is 288 g/mol. The lowest BCUT2D eigenvalue weighted by Crippen LogP contribution is -2.03. The van der Waals surface area contributed by atoms with Crippen LogP contribution in [0.1, 0.15) is 18.1 Å². The Morgan fingerprint density at radius 2 is 1.48 bits per heavy atom. The van der Waals surface area contributed by atoms with Crippen LogP contribution in [0.15, 0.2) is 54.6 Å². The summed E-state index contributed by atoms with van der Waals surface area (Å²) in [5, 5.41) is 0. The lowest BCUT2D eigenvalue weighted by Gasteiger charge is -2.10. The molecular formula is C17H14F2O2. The predicted molar refractivity (Wildman–Crippen MR) is 76.5 cm³/mol. The third-order valence-corrected chi connectivity index (χ3v) is 2.88. The van der Waals surface area contributed by atoms with Crippen LogP contribution in [0.25, 0.3) is 5.57 Å². The largest absolute Gasteiger partial charge is 0.463 e. The number of hydrogen-bond acceptors (Lipinski definition) is 2. The molecule has 0 bridgehead atoms. The molecule has 0 N–H and O–H groups in total. The summed E-state index contributed by atoms with van der Waals surface area (Å²) in [5.74, 6) is -1.70. The first-order valence-electron chi connectivity index (χ1n) is 6.51. The van der Waals surface area contributed by atoms with Crippen LogP contribution in [0.5, 0.6) is 0 Å². The van der Waals surface area contributed by atoms with Gasteiger partial charge >= 0.3 is 5.97 Å². The van der Waals surface area contributed by atoms with E-state index in [1.165, 1.54) is 36.4 Å². The molecule has 0 aliphatic heterocycles. The van der Waals surface area contributed by atoms with Gasteiger partial charge in [-0.3, -0.25) is 0 Å². The Labute approximate surface area is 121 Å². The van der Waals surface area contributed by atoms with E-state index in [2.05, 4.69) is 0 Å². The van der Waals surface area contributed by atoms with Crippen molar-refractivity contribution in [3.63, 3.8) is 0 Å². The van der Waals surface area contributed by atoms with Crippen LogP contribution >= 0.6 is 0 Å². The Morgan fingerprint density at radius 1 is 1.00 bits per heavy atom. The van der Waals surface area contributed by atoms with Crippen LogP contribution in [0.3, 0.4) is 0 Å². The number of benzene rings is 2. The zero-order chi connectivity index (χ0) is 15.2. The fourth-order valence-electron chi connectivity index (χ4n) is 1.96. The maximum Gasteiger partial charge on any atom is 0.331 e. The highest BCUT2D eigenvalue weighted by molar-refractivity contribution is 5.96. The molecule has 0 fully saturated rings. The molecule has 0 aliphatic rings. The van der Waals surface area contributed by atoms with Crippen molar-refractivity contribution in [1.29, 1.82) is 0 Å². The quantitative estimate of drug-likeness (QED) is 0.629. The minimum Gasteiger partial charge on any atom is -0.463 e. The van der Waals surface area contributed by atoms with Crippen molar-refractivity contribution in [1.82, 2.24) is 0 Å². The van der Waals surface area contributed by atoms with Gasteiger partial charge in [0.25, 0.3) is 0 Å². The molecule has 0 heterocycles. The van der Waals surface area contributed by atoms with Crippen molar-refractivity contribution in [3.8, 4) is 0 Å². The Kier molecular flexibility index (Phi) is 4.82. The van der Waals surface area contributed by atoms with Crippen molar-refractivity contribution < 1.29 is 18.3 Å². The molecule has 2 aromatic rings. The Bertz CT molecular complexity index is 630. The number of ether oxygens (including phenoxy) is 1. The van der Waals surface area contributed by atoms with E-state index in [0.717, 1.165) is 6.08 Å². The molecule has 4 heteroatoms. The number of esters is 1. The molecule has 0 aliphatic carbocycles. The highest BCUT2D eigenvalue weighted by atomic mass is 19.1. The Hall–Kier alpha value is -2.49. The van der Waals surface area contributed by atoms with Gasteiger partial charge in [0.05, 0.1) is 6.61 Å². The van der Waals surface area contributed by atoms with E-state index in [0.29, 0.717) is 0 Å². The number of halogens is 2. The first-order chi connectivity index (χ1) is 10.1. The number of hydrogen-bond donors (Lipinski definition) is 0. The second-order valence-electron chi connectivity index (χ2n) is 4.27. The van der Waals surface area contributed by atoms with Crippen LogP contribution < -0.4 is 0 Å². The van der Waals surface area contributed by atoms with Gasteiger partial charge in [-0.2, -0.15) is 0 Å². The van der Waals surface area contributed by atoms with Crippen LogP contribution in [0.2, 0.25) is 0 Å². The molecule has 2 nitrogen and oxygen atoms in total. The number of carbonyl (C=O) groups is 1. The fraction of sp³-hybridized carbons (Fsp3) is 0.118. The minimum atomic E-state index is -0.640. The summed E-state index contributed by atoms with van der Waals surface area (Å²) in [5.41, 5.74) is 0.455. The van der Waals surface area contributed by atoms with Gasteiger partial charge in [-0.25, -0.2) is 13.6 Å². The summed E-state index contributed by atoms with van der Waals surface area (Å²) in [6.07, 6.45) is 1.11. The number of carbonyl (C=O) groups excluding carboxylic acids is 1. The summed E-state index contributed by atoms with van der Waals surface area (Å²) < 4.78 is 32.8. The van der Waals surface area contributed by atoms with Gasteiger partial charge in [0.2, 0.25) is 0 Å². The highest BCUT2D eigenvalue weighted by Gasteiger charge is 2.15. The zero-order valence-electron chi connectivity index (χ0n) is 11.5.